The molecule has 31 heavy (non-hydrogen) atoms. The Hall–Kier alpha value is -2.09. The van der Waals surface area contributed by atoms with Crippen LogP contribution in [-0.2, 0) is 16.3 Å². The molecule has 1 fully saturated rings. The minimum Gasteiger partial charge on any atom is -0.337 e. The monoisotopic (exact) mass is 463 g/mol. The zero-order valence-corrected chi connectivity index (χ0v) is 19.4. The minimum atomic E-state index is -3.53. The van der Waals surface area contributed by atoms with E-state index in [1.165, 1.54) is 11.6 Å². The van der Waals surface area contributed by atoms with Crippen LogP contribution >= 0.6 is 11.6 Å². The predicted molar refractivity (Wildman–Crippen MR) is 124 cm³/mol. The van der Waals surface area contributed by atoms with Gasteiger partial charge in [-0.2, -0.15) is 0 Å². The number of benzene rings is 2. The molecular weight excluding hydrogens is 434 g/mol. The van der Waals surface area contributed by atoms with E-state index in [9.17, 15) is 13.2 Å². The molecule has 2 aromatic carbocycles. The summed E-state index contributed by atoms with van der Waals surface area (Å²) in [4.78, 5) is 16.6. The molecule has 1 aliphatic rings. The van der Waals surface area contributed by atoms with E-state index in [0.29, 0.717) is 31.0 Å². The Bertz CT molecular complexity index is 969. The summed E-state index contributed by atoms with van der Waals surface area (Å²) >= 11 is 5.97. The number of carbonyl (C=O) groups excluding carboxylic acids is 1. The molecule has 0 aliphatic carbocycles. The number of carbonyl (C=O) groups is 1. The number of piperidine rings is 1. The first-order valence-electron chi connectivity index (χ1n) is 10.6. The van der Waals surface area contributed by atoms with Crippen molar-refractivity contribution >= 4 is 27.5 Å². The van der Waals surface area contributed by atoms with Gasteiger partial charge < -0.3 is 15.1 Å². The number of hydrogen-bond donors (Lipinski definition) is 1. The summed E-state index contributed by atoms with van der Waals surface area (Å²) in [5.74, 6) is 0. The molecule has 1 N–H and O–H groups in total. The van der Waals surface area contributed by atoms with Crippen molar-refractivity contribution in [3.8, 4) is 0 Å². The van der Waals surface area contributed by atoms with Gasteiger partial charge in [-0.3, -0.25) is 0 Å². The van der Waals surface area contributed by atoms with Gasteiger partial charge in [0.25, 0.3) is 0 Å². The van der Waals surface area contributed by atoms with E-state index in [1.54, 1.807) is 23.1 Å². The van der Waals surface area contributed by atoms with Gasteiger partial charge in [0.2, 0.25) is 0 Å². The third-order valence-corrected chi connectivity index (χ3v) is 8.03. The molecular formula is C23H30ClN3O3S. The molecule has 0 bridgehead atoms. The van der Waals surface area contributed by atoms with Crippen molar-refractivity contribution in [1.82, 2.24) is 15.1 Å². The largest absolute Gasteiger partial charge is 0.337 e. The van der Waals surface area contributed by atoms with Crippen molar-refractivity contribution in [3.05, 3.63) is 65.2 Å². The molecule has 2 aromatic rings. The fourth-order valence-electron chi connectivity index (χ4n) is 3.75. The zero-order valence-electron chi connectivity index (χ0n) is 17.8. The third kappa shape index (κ3) is 6.69. The zero-order chi connectivity index (χ0) is 22.3. The highest BCUT2D eigenvalue weighted by Gasteiger charge is 2.33. The van der Waals surface area contributed by atoms with Crippen molar-refractivity contribution in [2.45, 2.75) is 29.4 Å². The van der Waals surface area contributed by atoms with E-state index in [4.69, 9.17) is 11.6 Å². The maximum atomic E-state index is 13.0. The first-order chi connectivity index (χ1) is 14.9. The summed E-state index contributed by atoms with van der Waals surface area (Å²) in [5.41, 5.74) is 1.29. The van der Waals surface area contributed by atoms with Crippen molar-refractivity contribution in [2.75, 3.05) is 39.8 Å². The number of rotatable bonds is 8. The lowest BCUT2D eigenvalue weighted by Crippen LogP contribution is -2.50. The second-order valence-corrected chi connectivity index (χ2v) is 10.6. The molecule has 1 atom stereocenters. The molecule has 0 spiro atoms. The molecule has 6 nitrogen and oxygen atoms in total. The lowest BCUT2D eigenvalue weighted by molar-refractivity contribution is 0.185. The third-order valence-electron chi connectivity index (χ3n) is 5.62. The van der Waals surface area contributed by atoms with Crippen molar-refractivity contribution in [2.24, 2.45) is 0 Å². The van der Waals surface area contributed by atoms with E-state index in [2.05, 4.69) is 22.3 Å². The Labute approximate surface area is 190 Å². The lowest BCUT2D eigenvalue weighted by atomic mass is 10.1. The molecule has 1 heterocycles. The average Bonchev–Trinajstić information content (AvgIpc) is 2.78. The Morgan fingerprint density at radius 3 is 2.68 bits per heavy atom. The number of urea groups is 1. The van der Waals surface area contributed by atoms with Crippen LogP contribution in [0.25, 0.3) is 0 Å². The molecule has 1 saturated heterocycles. The Balaban J connectivity index is 1.46. The van der Waals surface area contributed by atoms with Crippen LogP contribution < -0.4 is 5.32 Å². The van der Waals surface area contributed by atoms with Gasteiger partial charge in [-0.15, -0.1) is 0 Å². The summed E-state index contributed by atoms with van der Waals surface area (Å²) < 4.78 is 26.0. The first kappa shape index (κ1) is 23.6. The van der Waals surface area contributed by atoms with Crippen molar-refractivity contribution in [3.63, 3.8) is 0 Å². The van der Waals surface area contributed by atoms with Crippen LogP contribution in [0.1, 0.15) is 18.4 Å². The SMILES string of the molecule is CN(CCNC(=O)N1CCCC(S(=O)(=O)c2cccc(Cl)c2)C1)CCc1ccccc1. The maximum absolute atomic E-state index is 13.0. The molecule has 0 radical (unpaired) electrons. The van der Waals surface area contributed by atoms with E-state index in [0.717, 1.165) is 19.5 Å². The number of nitrogens with zero attached hydrogens (tertiary/aromatic N) is 2. The van der Waals surface area contributed by atoms with Crippen molar-refractivity contribution in [1.29, 1.82) is 0 Å². The Morgan fingerprint density at radius 1 is 1.16 bits per heavy atom. The topological polar surface area (TPSA) is 69.7 Å². The summed E-state index contributed by atoms with van der Waals surface area (Å²) in [6, 6.07) is 16.4. The van der Waals surface area contributed by atoms with Crippen LogP contribution in [0.2, 0.25) is 5.02 Å². The lowest BCUT2D eigenvalue weighted by Gasteiger charge is -2.32. The molecule has 8 heteroatoms. The molecule has 0 saturated carbocycles. The number of halogens is 1. The van der Waals surface area contributed by atoms with E-state index >= 15 is 0 Å². The van der Waals surface area contributed by atoms with Gasteiger partial charge in [0.15, 0.2) is 9.84 Å². The van der Waals surface area contributed by atoms with Crippen LogP contribution in [0.5, 0.6) is 0 Å². The number of nitrogens with one attached hydrogen (secondary N) is 1. The fourth-order valence-corrected chi connectivity index (χ4v) is 5.81. The minimum absolute atomic E-state index is 0.199. The van der Waals surface area contributed by atoms with Gasteiger partial charge >= 0.3 is 6.03 Å². The summed E-state index contributed by atoms with van der Waals surface area (Å²) in [6.45, 7) is 2.92. The number of sulfone groups is 1. The molecule has 3 rings (SSSR count). The highest BCUT2D eigenvalue weighted by atomic mass is 35.5. The second kappa shape index (κ2) is 11.0. The highest BCUT2D eigenvalue weighted by molar-refractivity contribution is 7.92. The van der Waals surface area contributed by atoms with Crippen LogP contribution in [0.3, 0.4) is 0 Å². The molecule has 1 aliphatic heterocycles. The van der Waals surface area contributed by atoms with Crippen LogP contribution in [0, 0.1) is 0 Å². The quantitative estimate of drug-likeness (QED) is 0.650. The van der Waals surface area contributed by atoms with E-state index < -0.39 is 15.1 Å². The average molecular weight is 464 g/mol. The number of amides is 2. The van der Waals surface area contributed by atoms with Gasteiger partial charge in [0, 0.05) is 37.7 Å². The molecule has 2 amide bonds. The first-order valence-corrected chi connectivity index (χ1v) is 12.5. The summed E-state index contributed by atoms with van der Waals surface area (Å²) in [5, 5.41) is 2.71. The normalized spacial score (nSPS) is 17.0. The smallest absolute Gasteiger partial charge is 0.317 e. The Morgan fingerprint density at radius 2 is 1.94 bits per heavy atom. The van der Waals surface area contributed by atoms with Gasteiger partial charge in [0.1, 0.15) is 0 Å². The molecule has 1 unspecified atom stereocenters. The van der Waals surface area contributed by atoms with Gasteiger partial charge in [0.05, 0.1) is 10.1 Å². The van der Waals surface area contributed by atoms with Gasteiger partial charge in [-0.1, -0.05) is 48.0 Å². The molecule has 0 aromatic heterocycles. The summed E-state index contributed by atoms with van der Waals surface area (Å²) in [6.07, 6.45) is 2.16. The van der Waals surface area contributed by atoms with Crippen LogP contribution in [0.15, 0.2) is 59.5 Å². The highest BCUT2D eigenvalue weighted by Crippen LogP contribution is 2.25. The van der Waals surface area contributed by atoms with E-state index in [-0.39, 0.29) is 17.5 Å². The standard InChI is InChI=1S/C23H30ClN3O3S/c1-26(15-12-19-7-3-2-4-8-19)16-13-25-23(28)27-14-6-11-22(18-27)31(29,30)21-10-5-9-20(24)17-21/h2-5,7-10,17,22H,6,11-16,18H2,1H3,(H,25,28). The predicted octanol–water partition coefficient (Wildman–Crippen LogP) is 3.46. The van der Waals surface area contributed by atoms with Crippen molar-refractivity contribution < 1.29 is 13.2 Å². The van der Waals surface area contributed by atoms with E-state index in [1.807, 2.05) is 25.2 Å². The number of likely N-dealkylation sites (tertiary alicyclic amines) is 1. The van der Waals surface area contributed by atoms with Gasteiger partial charge in [-0.05, 0) is 50.1 Å². The number of hydrogen-bond acceptors (Lipinski definition) is 4. The Kier molecular flexibility index (Phi) is 8.35. The second-order valence-electron chi connectivity index (χ2n) is 7.98. The van der Waals surface area contributed by atoms with Gasteiger partial charge in [-0.25, -0.2) is 13.2 Å². The number of likely N-dealkylation sites (N-methyl/N-ethyl adjacent to an activating group) is 1. The van der Waals surface area contributed by atoms with Crippen LogP contribution in [-0.4, -0.2) is 69.3 Å². The van der Waals surface area contributed by atoms with Crippen LogP contribution in [0.4, 0.5) is 4.79 Å². The molecule has 168 valence electrons. The maximum Gasteiger partial charge on any atom is 0.317 e. The summed E-state index contributed by atoms with van der Waals surface area (Å²) in [7, 11) is -1.50. The fraction of sp³-hybridized carbons (Fsp3) is 0.435.